The van der Waals surface area contributed by atoms with E-state index in [1.165, 1.54) is 16.7 Å². The number of aryl methyl sites for hydroxylation is 2. The molecular weight excluding hydrogens is 210 g/mol. The second-order valence-corrected chi connectivity index (χ2v) is 5.49. The van der Waals surface area contributed by atoms with Crippen LogP contribution in [0.25, 0.3) is 0 Å². The molecule has 0 radical (unpaired) electrons. The topological polar surface area (TPSA) is 29.1 Å². The predicted octanol–water partition coefficient (Wildman–Crippen LogP) is 2.76. The molecule has 1 aromatic carbocycles. The molecule has 0 aliphatic heterocycles. The molecule has 17 heavy (non-hydrogen) atoms. The molecule has 1 N–H and O–H groups in total. The first-order chi connectivity index (χ1) is 7.83. The van der Waals surface area contributed by atoms with Gasteiger partial charge < -0.3 is 5.32 Å². The number of nitrogens with one attached hydrogen (secondary N) is 1. The summed E-state index contributed by atoms with van der Waals surface area (Å²) in [6.45, 7) is 11.5. The Morgan fingerprint density at radius 3 is 2.41 bits per heavy atom. The van der Waals surface area contributed by atoms with Gasteiger partial charge in [0.1, 0.15) is 5.78 Å². The summed E-state index contributed by atoms with van der Waals surface area (Å²) in [5.74, 6) is 0.181. The van der Waals surface area contributed by atoms with E-state index in [0.717, 1.165) is 6.54 Å². The van der Waals surface area contributed by atoms with Crippen molar-refractivity contribution in [2.75, 3.05) is 13.1 Å². The normalized spacial score (nSPS) is 11.6. The van der Waals surface area contributed by atoms with Crippen molar-refractivity contribution in [1.29, 1.82) is 0 Å². The molecule has 0 fully saturated rings. The van der Waals surface area contributed by atoms with Crippen molar-refractivity contribution >= 4 is 5.78 Å². The van der Waals surface area contributed by atoms with Gasteiger partial charge in [0.15, 0.2) is 0 Å². The van der Waals surface area contributed by atoms with Gasteiger partial charge >= 0.3 is 0 Å². The SMILES string of the molecule is CC(=O)CNCC(C)(C)c1ccc(C)c(C)c1. The summed E-state index contributed by atoms with van der Waals surface area (Å²) in [5, 5.41) is 3.21. The lowest BCUT2D eigenvalue weighted by Gasteiger charge is -2.26. The Kier molecular flexibility index (Phi) is 4.47. The van der Waals surface area contributed by atoms with Gasteiger partial charge in [0.05, 0.1) is 6.54 Å². The van der Waals surface area contributed by atoms with Gasteiger partial charge in [-0.2, -0.15) is 0 Å². The van der Waals surface area contributed by atoms with E-state index in [2.05, 4.69) is 51.2 Å². The van der Waals surface area contributed by atoms with Crippen LogP contribution in [0.5, 0.6) is 0 Å². The first-order valence-corrected chi connectivity index (χ1v) is 6.11. The molecule has 0 saturated carbocycles. The zero-order valence-corrected chi connectivity index (χ0v) is 11.6. The summed E-state index contributed by atoms with van der Waals surface area (Å²) < 4.78 is 0. The molecule has 0 heterocycles. The fraction of sp³-hybridized carbons (Fsp3) is 0.533. The summed E-state index contributed by atoms with van der Waals surface area (Å²) in [7, 11) is 0. The van der Waals surface area contributed by atoms with E-state index < -0.39 is 0 Å². The molecule has 0 aliphatic carbocycles. The van der Waals surface area contributed by atoms with Crippen LogP contribution in [0.4, 0.5) is 0 Å². The lowest BCUT2D eigenvalue weighted by atomic mass is 9.83. The minimum atomic E-state index is 0.0495. The quantitative estimate of drug-likeness (QED) is 0.847. The van der Waals surface area contributed by atoms with Crippen LogP contribution >= 0.6 is 0 Å². The van der Waals surface area contributed by atoms with Crippen molar-refractivity contribution in [1.82, 2.24) is 5.32 Å². The summed E-state index contributed by atoms with van der Waals surface area (Å²) >= 11 is 0. The number of hydrogen-bond acceptors (Lipinski definition) is 2. The number of hydrogen-bond donors (Lipinski definition) is 1. The zero-order valence-electron chi connectivity index (χ0n) is 11.6. The average Bonchev–Trinajstić information content (AvgIpc) is 2.21. The Bertz CT molecular complexity index is 407. The van der Waals surface area contributed by atoms with Gasteiger partial charge in [-0.05, 0) is 37.5 Å². The zero-order chi connectivity index (χ0) is 13.1. The number of carbonyl (C=O) groups excluding carboxylic acids is 1. The van der Waals surface area contributed by atoms with E-state index in [-0.39, 0.29) is 11.2 Å². The van der Waals surface area contributed by atoms with Crippen LogP contribution in [0.15, 0.2) is 18.2 Å². The molecule has 1 aromatic rings. The van der Waals surface area contributed by atoms with Gasteiger partial charge in [0, 0.05) is 12.0 Å². The van der Waals surface area contributed by atoms with Crippen LogP contribution in [0, 0.1) is 13.8 Å². The highest BCUT2D eigenvalue weighted by atomic mass is 16.1. The largest absolute Gasteiger partial charge is 0.309 e. The van der Waals surface area contributed by atoms with Crippen LogP contribution in [0.1, 0.15) is 37.5 Å². The highest BCUT2D eigenvalue weighted by molar-refractivity contribution is 5.77. The van der Waals surface area contributed by atoms with Crippen molar-refractivity contribution in [3.8, 4) is 0 Å². The monoisotopic (exact) mass is 233 g/mol. The van der Waals surface area contributed by atoms with Crippen LogP contribution in [-0.4, -0.2) is 18.9 Å². The fourth-order valence-corrected chi connectivity index (χ4v) is 1.82. The fourth-order valence-electron chi connectivity index (χ4n) is 1.82. The first kappa shape index (κ1) is 13.9. The van der Waals surface area contributed by atoms with Gasteiger partial charge in [0.25, 0.3) is 0 Å². The molecule has 0 bridgehead atoms. The standard InChI is InChI=1S/C15H23NO/c1-11-6-7-14(8-12(11)2)15(4,5)10-16-9-13(3)17/h6-8,16H,9-10H2,1-5H3. The third-order valence-corrected chi connectivity index (χ3v) is 3.23. The minimum absolute atomic E-state index is 0.0495. The third kappa shape index (κ3) is 3.97. The van der Waals surface area contributed by atoms with Gasteiger partial charge in [-0.1, -0.05) is 32.0 Å². The summed E-state index contributed by atoms with van der Waals surface area (Å²) in [6, 6.07) is 6.58. The predicted molar refractivity (Wildman–Crippen MR) is 72.5 cm³/mol. The molecule has 2 heteroatoms. The third-order valence-electron chi connectivity index (χ3n) is 3.23. The van der Waals surface area contributed by atoms with E-state index in [9.17, 15) is 4.79 Å². The van der Waals surface area contributed by atoms with Gasteiger partial charge in [-0.3, -0.25) is 4.79 Å². The molecule has 0 spiro atoms. The summed E-state index contributed by atoms with van der Waals surface area (Å²) in [5.41, 5.74) is 4.01. The van der Waals surface area contributed by atoms with Crippen LogP contribution < -0.4 is 5.32 Å². The molecular formula is C15H23NO. The van der Waals surface area contributed by atoms with Crippen LogP contribution in [0.2, 0.25) is 0 Å². The first-order valence-electron chi connectivity index (χ1n) is 6.11. The average molecular weight is 233 g/mol. The van der Waals surface area contributed by atoms with Gasteiger partial charge in [-0.15, -0.1) is 0 Å². The van der Waals surface area contributed by atoms with Gasteiger partial charge in [-0.25, -0.2) is 0 Å². The molecule has 0 aromatic heterocycles. The van der Waals surface area contributed by atoms with Crippen molar-refractivity contribution in [3.63, 3.8) is 0 Å². The Hall–Kier alpha value is -1.15. The lowest BCUT2D eigenvalue weighted by Crippen LogP contribution is -2.35. The van der Waals surface area contributed by atoms with Crippen molar-refractivity contribution < 1.29 is 4.79 Å². The Morgan fingerprint density at radius 2 is 1.88 bits per heavy atom. The highest BCUT2D eigenvalue weighted by Gasteiger charge is 2.20. The molecule has 0 atom stereocenters. The Labute approximate surface area is 104 Å². The maximum Gasteiger partial charge on any atom is 0.143 e. The van der Waals surface area contributed by atoms with Crippen molar-refractivity contribution in [2.24, 2.45) is 0 Å². The number of benzene rings is 1. The number of rotatable bonds is 5. The molecule has 1 rings (SSSR count). The Balaban J connectivity index is 2.74. The molecule has 2 nitrogen and oxygen atoms in total. The lowest BCUT2D eigenvalue weighted by molar-refractivity contribution is -0.116. The van der Waals surface area contributed by atoms with E-state index in [4.69, 9.17) is 0 Å². The molecule has 94 valence electrons. The molecule has 0 saturated heterocycles. The molecule has 0 aliphatic rings. The van der Waals surface area contributed by atoms with Crippen molar-refractivity contribution in [2.45, 2.75) is 40.0 Å². The summed E-state index contributed by atoms with van der Waals surface area (Å²) in [4.78, 5) is 10.9. The summed E-state index contributed by atoms with van der Waals surface area (Å²) in [6.07, 6.45) is 0. The number of carbonyl (C=O) groups is 1. The second-order valence-electron chi connectivity index (χ2n) is 5.49. The highest BCUT2D eigenvalue weighted by Crippen LogP contribution is 2.24. The van der Waals surface area contributed by atoms with Crippen LogP contribution in [-0.2, 0) is 10.2 Å². The van der Waals surface area contributed by atoms with E-state index >= 15 is 0 Å². The number of Topliss-reactive ketones (excluding diaryl/α,β-unsaturated/α-hetero) is 1. The second kappa shape index (κ2) is 5.46. The van der Waals surface area contributed by atoms with E-state index in [0.29, 0.717) is 6.54 Å². The van der Waals surface area contributed by atoms with Crippen LogP contribution in [0.3, 0.4) is 0 Å². The van der Waals surface area contributed by atoms with Gasteiger partial charge in [0.2, 0.25) is 0 Å². The maximum absolute atomic E-state index is 10.9. The van der Waals surface area contributed by atoms with Crippen molar-refractivity contribution in [3.05, 3.63) is 34.9 Å². The molecule has 0 unspecified atom stereocenters. The van der Waals surface area contributed by atoms with E-state index in [1.807, 2.05) is 0 Å². The maximum atomic E-state index is 10.9. The minimum Gasteiger partial charge on any atom is -0.309 e. The Morgan fingerprint density at radius 1 is 1.24 bits per heavy atom. The number of ketones is 1. The van der Waals surface area contributed by atoms with E-state index in [1.54, 1.807) is 6.92 Å². The smallest absolute Gasteiger partial charge is 0.143 e. The molecule has 0 amide bonds.